The van der Waals surface area contributed by atoms with E-state index in [0.717, 1.165) is 43.7 Å². The molecule has 55 heavy (non-hydrogen) atoms. The molecule has 0 spiro atoms. The van der Waals surface area contributed by atoms with E-state index in [-0.39, 0.29) is 36.8 Å². The minimum absolute atomic E-state index is 0. The van der Waals surface area contributed by atoms with Gasteiger partial charge in [0, 0.05) is 57.3 Å². The SMILES string of the molecule is CN(C)S(=O)(=O)n1cc(-c2ccccc2)nc1CCc1nc2ccccc2c(=O)o1.Cl.O=c1oc(CCC2=NC(c3ccccc3)=CC2)nc2ccccc12. The number of aromatic nitrogens is 4. The van der Waals surface area contributed by atoms with Crippen molar-refractivity contribution < 1.29 is 17.3 Å². The number of hydrogen-bond donors (Lipinski definition) is 0. The zero-order valence-corrected chi connectivity index (χ0v) is 31.7. The molecule has 0 radical (unpaired) electrons. The highest BCUT2D eigenvalue weighted by atomic mass is 35.5. The van der Waals surface area contributed by atoms with E-state index in [4.69, 9.17) is 8.83 Å². The Morgan fingerprint density at radius 2 is 1.16 bits per heavy atom. The first-order chi connectivity index (χ1) is 26.2. The molecular formula is C41H37ClN6O6S. The third-order valence-electron chi connectivity index (χ3n) is 8.75. The van der Waals surface area contributed by atoms with Crippen LogP contribution in [0.2, 0.25) is 0 Å². The van der Waals surface area contributed by atoms with Gasteiger partial charge in [0.15, 0.2) is 11.8 Å². The standard InChI is InChI=1S/C21H20N4O4S.C20H16N2O2.ClH/c1-24(2)30(27,28)25-14-18(15-8-4-3-5-9-15)22-19(25)12-13-20-23-17-11-7-6-10-16(17)21(26)29-20;23-20-16-8-4-5-9-18(16)22-19(24-20)13-11-15-10-12-17(21-15)14-6-2-1-3-7-14;/h3-11,14H,12-13H2,1-2H3;1-9,12H,10-11,13H2;1H. The first-order valence-electron chi connectivity index (χ1n) is 17.3. The number of imidazole rings is 1. The van der Waals surface area contributed by atoms with Gasteiger partial charge in [-0.2, -0.15) is 12.7 Å². The van der Waals surface area contributed by atoms with Gasteiger partial charge in [0.2, 0.25) is 0 Å². The maximum Gasteiger partial charge on any atom is 0.346 e. The highest BCUT2D eigenvalue weighted by molar-refractivity contribution is 7.87. The summed E-state index contributed by atoms with van der Waals surface area (Å²) in [5, 5.41) is 0.928. The van der Waals surface area contributed by atoms with Crippen molar-refractivity contribution in [3.8, 4) is 11.3 Å². The summed E-state index contributed by atoms with van der Waals surface area (Å²) in [4.78, 5) is 42.2. The Balaban J connectivity index is 0.000000188. The number of aryl methyl sites for hydroxylation is 3. The molecule has 0 atom stereocenters. The van der Waals surface area contributed by atoms with Crippen LogP contribution in [0.4, 0.5) is 0 Å². The molecule has 0 unspecified atom stereocenters. The largest absolute Gasteiger partial charge is 0.408 e. The zero-order valence-electron chi connectivity index (χ0n) is 30.0. The molecular weight excluding hydrogens is 740 g/mol. The number of hydrogen-bond acceptors (Lipinski definition) is 10. The van der Waals surface area contributed by atoms with Gasteiger partial charge in [-0.3, -0.25) is 4.99 Å². The van der Waals surface area contributed by atoms with Crippen LogP contribution in [0.3, 0.4) is 0 Å². The molecule has 4 heterocycles. The van der Waals surface area contributed by atoms with E-state index in [1.807, 2.05) is 66.7 Å². The number of allylic oxidation sites excluding steroid dienone is 1. The van der Waals surface area contributed by atoms with Crippen LogP contribution in [0.5, 0.6) is 0 Å². The second kappa shape index (κ2) is 17.0. The lowest BCUT2D eigenvalue weighted by Gasteiger charge is -2.14. The van der Waals surface area contributed by atoms with E-state index in [0.29, 0.717) is 45.6 Å². The second-order valence-electron chi connectivity index (χ2n) is 12.7. The summed E-state index contributed by atoms with van der Waals surface area (Å²) in [5.41, 5.74) is 5.01. The molecule has 3 aromatic heterocycles. The van der Waals surface area contributed by atoms with Crippen molar-refractivity contribution in [3.63, 3.8) is 0 Å². The Labute approximate surface area is 323 Å². The Bertz CT molecular complexity index is 2740. The minimum atomic E-state index is -3.77. The van der Waals surface area contributed by atoms with Crippen LogP contribution >= 0.6 is 12.4 Å². The topological polar surface area (TPSA) is 154 Å². The fraction of sp³-hybridized carbons (Fsp3) is 0.171. The number of para-hydroxylation sites is 2. The summed E-state index contributed by atoms with van der Waals surface area (Å²) in [6, 6.07) is 33.6. The van der Waals surface area contributed by atoms with Gasteiger partial charge in [0.1, 0.15) is 5.82 Å². The summed E-state index contributed by atoms with van der Waals surface area (Å²) >= 11 is 0. The maximum absolute atomic E-state index is 12.8. The normalized spacial score (nSPS) is 12.6. The molecule has 8 rings (SSSR count). The molecule has 12 nitrogen and oxygen atoms in total. The predicted molar refractivity (Wildman–Crippen MR) is 216 cm³/mol. The highest BCUT2D eigenvalue weighted by Crippen LogP contribution is 2.24. The van der Waals surface area contributed by atoms with Gasteiger partial charge in [-0.15, -0.1) is 12.4 Å². The number of benzene rings is 4. The number of rotatable bonds is 10. The smallest absolute Gasteiger partial charge is 0.346 e. The summed E-state index contributed by atoms with van der Waals surface area (Å²) in [7, 11) is -0.840. The van der Waals surface area contributed by atoms with Crippen LogP contribution < -0.4 is 11.3 Å². The first-order valence-corrected chi connectivity index (χ1v) is 18.7. The Hall–Kier alpha value is -6.02. The lowest BCUT2D eigenvalue weighted by Crippen LogP contribution is -2.29. The molecule has 7 aromatic rings. The van der Waals surface area contributed by atoms with Gasteiger partial charge < -0.3 is 8.83 Å². The molecule has 14 heteroatoms. The van der Waals surface area contributed by atoms with E-state index in [9.17, 15) is 18.0 Å². The minimum Gasteiger partial charge on any atom is -0.408 e. The molecule has 0 saturated heterocycles. The molecule has 0 aliphatic carbocycles. The number of nitrogens with zero attached hydrogens (tertiary/aromatic N) is 6. The third-order valence-corrected chi connectivity index (χ3v) is 10.5. The molecule has 0 saturated carbocycles. The average molecular weight is 777 g/mol. The van der Waals surface area contributed by atoms with Crippen LogP contribution in [-0.4, -0.2) is 51.5 Å². The van der Waals surface area contributed by atoms with Crippen molar-refractivity contribution in [2.45, 2.75) is 32.1 Å². The van der Waals surface area contributed by atoms with Crippen LogP contribution in [0.25, 0.3) is 38.8 Å². The summed E-state index contributed by atoms with van der Waals surface area (Å²) < 4.78 is 38.5. The van der Waals surface area contributed by atoms with Crippen molar-refractivity contribution >= 4 is 55.8 Å². The number of halogens is 1. The molecule has 0 fully saturated rings. The van der Waals surface area contributed by atoms with Crippen LogP contribution in [0, 0.1) is 0 Å². The van der Waals surface area contributed by atoms with Gasteiger partial charge in [-0.05, 0) is 36.2 Å². The van der Waals surface area contributed by atoms with Gasteiger partial charge in [0.05, 0.1) is 33.2 Å². The monoisotopic (exact) mass is 776 g/mol. The molecule has 0 N–H and O–H groups in total. The first kappa shape index (κ1) is 38.7. The fourth-order valence-corrected chi connectivity index (χ4v) is 6.91. The maximum atomic E-state index is 12.8. The fourth-order valence-electron chi connectivity index (χ4n) is 5.93. The van der Waals surface area contributed by atoms with E-state index in [1.54, 1.807) is 30.3 Å². The lowest BCUT2D eigenvalue weighted by molar-refractivity contribution is 0.441. The van der Waals surface area contributed by atoms with Gasteiger partial charge in [-0.25, -0.2) is 28.5 Å². The predicted octanol–water partition coefficient (Wildman–Crippen LogP) is 6.92. The Kier molecular flexibility index (Phi) is 11.9. The lowest BCUT2D eigenvalue weighted by atomic mass is 10.1. The summed E-state index contributed by atoms with van der Waals surface area (Å²) in [6.45, 7) is 0. The zero-order chi connectivity index (χ0) is 37.7. The Morgan fingerprint density at radius 3 is 1.73 bits per heavy atom. The third kappa shape index (κ3) is 8.86. The molecule has 0 bridgehead atoms. The van der Waals surface area contributed by atoms with Gasteiger partial charge in [-0.1, -0.05) is 91.0 Å². The van der Waals surface area contributed by atoms with Gasteiger partial charge >= 0.3 is 21.5 Å². The van der Waals surface area contributed by atoms with E-state index >= 15 is 0 Å². The molecule has 1 aliphatic rings. The quantitative estimate of drug-likeness (QED) is 0.144. The second-order valence-corrected chi connectivity index (χ2v) is 14.7. The molecule has 1 aliphatic heterocycles. The van der Waals surface area contributed by atoms with Crippen molar-refractivity contribution in [1.82, 2.24) is 23.2 Å². The van der Waals surface area contributed by atoms with Crippen molar-refractivity contribution in [2.75, 3.05) is 14.1 Å². The highest BCUT2D eigenvalue weighted by Gasteiger charge is 2.23. The Morgan fingerprint density at radius 1 is 0.655 bits per heavy atom. The number of aliphatic imine (C=N–C) groups is 1. The van der Waals surface area contributed by atoms with Crippen molar-refractivity contribution in [1.29, 1.82) is 0 Å². The summed E-state index contributed by atoms with van der Waals surface area (Å²) in [6.07, 6.45) is 6.25. The van der Waals surface area contributed by atoms with E-state index < -0.39 is 15.8 Å². The van der Waals surface area contributed by atoms with Crippen LogP contribution in [0.1, 0.15) is 36.0 Å². The average Bonchev–Trinajstić information content (AvgIpc) is 3.86. The van der Waals surface area contributed by atoms with Crippen LogP contribution in [0.15, 0.2) is 145 Å². The van der Waals surface area contributed by atoms with Crippen LogP contribution in [-0.2, 0) is 29.5 Å². The molecule has 0 amide bonds. The van der Waals surface area contributed by atoms with Gasteiger partial charge in [0.25, 0.3) is 0 Å². The van der Waals surface area contributed by atoms with E-state index in [2.05, 4.69) is 38.2 Å². The van der Waals surface area contributed by atoms with Crippen molar-refractivity contribution in [3.05, 3.63) is 165 Å². The number of fused-ring (bicyclic) bond motifs is 2. The van der Waals surface area contributed by atoms with E-state index in [1.165, 1.54) is 20.3 Å². The molecule has 280 valence electrons. The summed E-state index contributed by atoms with van der Waals surface area (Å²) in [5.74, 6) is 1.03. The molecule has 4 aromatic carbocycles. The van der Waals surface area contributed by atoms with Crippen molar-refractivity contribution in [2.24, 2.45) is 4.99 Å².